The molecule has 5 heteroatoms. The van der Waals surface area contributed by atoms with E-state index in [1.54, 1.807) is 0 Å². The summed E-state index contributed by atoms with van der Waals surface area (Å²) in [5.74, 6) is -1.70. The van der Waals surface area contributed by atoms with Crippen molar-refractivity contribution in [3.05, 3.63) is 0 Å². The molecule has 2 saturated carbocycles. The fourth-order valence-corrected chi connectivity index (χ4v) is 4.11. The SMILES string of the molecule is O=C(O)C1CCC1C(=O)NC1CCOC2(CCCCC2)C1. The molecule has 1 amide bonds. The van der Waals surface area contributed by atoms with Gasteiger partial charge in [0.05, 0.1) is 17.4 Å². The zero-order valence-electron chi connectivity index (χ0n) is 12.5. The number of nitrogens with one attached hydrogen (secondary N) is 1. The van der Waals surface area contributed by atoms with E-state index in [9.17, 15) is 9.59 Å². The van der Waals surface area contributed by atoms with E-state index in [2.05, 4.69) is 5.32 Å². The Balaban J connectivity index is 1.55. The van der Waals surface area contributed by atoms with Crippen LogP contribution in [0, 0.1) is 11.8 Å². The molecule has 0 aromatic rings. The Labute approximate surface area is 125 Å². The number of carbonyl (C=O) groups excluding carboxylic acids is 1. The zero-order chi connectivity index (χ0) is 14.9. The van der Waals surface area contributed by atoms with Crippen LogP contribution < -0.4 is 5.32 Å². The number of amides is 1. The Morgan fingerprint density at radius 2 is 1.76 bits per heavy atom. The molecular formula is C16H25NO4. The molecule has 3 unspecified atom stereocenters. The van der Waals surface area contributed by atoms with E-state index < -0.39 is 11.9 Å². The first-order chi connectivity index (χ1) is 10.1. The Hall–Kier alpha value is -1.10. The van der Waals surface area contributed by atoms with Gasteiger partial charge in [0.2, 0.25) is 5.91 Å². The highest BCUT2D eigenvalue weighted by molar-refractivity contribution is 5.86. The molecule has 3 aliphatic rings. The van der Waals surface area contributed by atoms with E-state index in [1.807, 2.05) is 0 Å². The molecule has 3 fully saturated rings. The minimum Gasteiger partial charge on any atom is -0.481 e. The minimum absolute atomic E-state index is 0.0275. The van der Waals surface area contributed by atoms with Crippen molar-refractivity contribution in [2.75, 3.05) is 6.61 Å². The van der Waals surface area contributed by atoms with Crippen LogP contribution in [0.2, 0.25) is 0 Å². The molecule has 118 valence electrons. The highest BCUT2D eigenvalue weighted by Crippen LogP contribution is 2.39. The van der Waals surface area contributed by atoms with Crippen molar-refractivity contribution in [3.63, 3.8) is 0 Å². The predicted octanol–water partition coefficient (Wildman–Crippen LogP) is 2.10. The number of hydrogen-bond donors (Lipinski definition) is 2. The Morgan fingerprint density at radius 1 is 1.05 bits per heavy atom. The van der Waals surface area contributed by atoms with Crippen molar-refractivity contribution in [2.24, 2.45) is 11.8 Å². The second-order valence-electron chi connectivity index (χ2n) is 6.92. The van der Waals surface area contributed by atoms with Crippen molar-refractivity contribution in [1.29, 1.82) is 0 Å². The quantitative estimate of drug-likeness (QED) is 0.836. The molecule has 21 heavy (non-hydrogen) atoms. The van der Waals surface area contributed by atoms with Crippen molar-refractivity contribution in [2.45, 2.75) is 69.4 Å². The largest absolute Gasteiger partial charge is 0.481 e. The van der Waals surface area contributed by atoms with Gasteiger partial charge < -0.3 is 15.2 Å². The molecular weight excluding hydrogens is 270 g/mol. The number of ether oxygens (including phenoxy) is 1. The van der Waals surface area contributed by atoms with E-state index >= 15 is 0 Å². The Morgan fingerprint density at radius 3 is 2.38 bits per heavy atom. The van der Waals surface area contributed by atoms with Crippen LogP contribution in [0.25, 0.3) is 0 Å². The maximum absolute atomic E-state index is 12.3. The standard InChI is InChI=1S/C16H25NO4/c18-14(12-4-5-13(12)15(19)20)17-11-6-9-21-16(10-11)7-2-1-3-8-16/h11-13H,1-10H2,(H,17,18)(H,19,20). The Bertz CT molecular complexity index is 411. The molecule has 2 aliphatic carbocycles. The first-order valence-corrected chi connectivity index (χ1v) is 8.27. The normalized spacial score (nSPS) is 35.0. The summed E-state index contributed by atoms with van der Waals surface area (Å²) in [6, 6.07) is 0.152. The maximum Gasteiger partial charge on any atom is 0.307 e. The average molecular weight is 295 g/mol. The van der Waals surface area contributed by atoms with Crippen LogP contribution in [0.4, 0.5) is 0 Å². The minimum atomic E-state index is -0.836. The van der Waals surface area contributed by atoms with E-state index in [0.717, 1.165) is 25.7 Å². The summed E-state index contributed by atoms with van der Waals surface area (Å²) < 4.78 is 6.03. The van der Waals surface area contributed by atoms with Crippen LogP contribution in [0.15, 0.2) is 0 Å². The maximum atomic E-state index is 12.3. The number of carboxylic acid groups (broad SMARTS) is 1. The van der Waals surface area contributed by atoms with E-state index in [4.69, 9.17) is 9.84 Å². The molecule has 0 aromatic carbocycles. The number of hydrogen-bond acceptors (Lipinski definition) is 3. The molecule has 1 spiro atoms. The zero-order valence-corrected chi connectivity index (χ0v) is 12.5. The van der Waals surface area contributed by atoms with Crippen LogP contribution in [0.5, 0.6) is 0 Å². The predicted molar refractivity (Wildman–Crippen MR) is 76.8 cm³/mol. The van der Waals surface area contributed by atoms with Gasteiger partial charge in [-0.3, -0.25) is 9.59 Å². The fourth-order valence-electron chi connectivity index (χ4n) is 4.11. The molecule has 3 rings (SSSR count). The van der Waals surface area contributed by atoms with Crippen molar-refractivity contribution in [3.8, 4) is 0 Å². The lowest BCUT2D eigenvalue weighted by Crippen LogP contribution is -2.52. The van der Waals surface area contributed by atoms with Gasteiger partial charge in [0.1, 0.15) is 0 Å². The van der Waals surface area contributed by atoms with Gasteiger partial charge in [0, 0.05) is 12.6 Å². The number of carboxylic acids is 1. The summed E-state index contributed by atoms with van der Waals surface area (Å²) in [7, 11) is 0. The number of rotatable bonds is 3. The van der Waals surface area contributed by atoms with Crippen molar-refractivity contribution in [1.82, 2.24) is 5.32 Å². The van der Waals surface area contributed by atoms with E-state index in [1.165, 1.54) is 19.3 Å². The van der Waals surface area contributed by atoms with Gasteiger partial charge in [0.25, 0.3) is 0 Å². The highest BCUT2D eigenvalue weighted by atomic mass is 16.5. The van der Waals surface area contributed by atoms with Crippen LogP contribution in [-0.2, 0) is 14.3 Å². The summed E-state index contributed by atoms with van der Waals surface area (Å²) in [5.41, 5.74) is -0.0275. The second-order valence-corrected chi connectivity index (χ2v) is 6.92. The molecule has 0 bridgehead atoms. The lowest BCUT2D eigenvalue weighted by molar-refractivity contribution is -0.154. The van der Waals surface area contributed by atoms with Crippen molar-refractivity contribution >= 4 is 11.9 Å². The third-order valence-corrected chi connectivity index (χ3v) is 5.53. The highest BCUT2D eigenvalue weighted by Gasteiger charge is 2.43. The first kappa shape index (κ1) is 14.8. The molecule has 1 heterocycles. The lowest BCUT2D eigenvalue weighted by atomic mass is 9.72. The van der Waals surface area contributed by atoms with Gasteiger partial charge >= 0.3 is 5.97 Å². The molecule has 2 N–H and O–H groups in total. The van der Waals surface area contributed by atoms with Crippen molar-refractivity contribution < 1.29 is 19.4 Å². The van der Waals surface area contributed by atoms with Gasteiger partial charge in [-0.05, 0) is 38.5 Å². The molecule has 3 atom stereocenters. The first-order valence-electron chi connectivity index (χ1n) is 8.27. The second kappa shape index (κ2) is 5.95. The van der Waals surface area contributed by atoms with Crippen LogP contribution in [-0.4, -0.2) is 35.2 Å². The van der Waals surface area contributed by atoms with Crippen LogP contribution >= 0.6 is 0 Å². The summed E-state index contributed by atoms with van der Waals surface area (Å²) in [5, 5.41) is 12.2. The van der Waals surface area contributed by atoms with Gasteiger partial charge in [-0.25, -0.2) is 0 Å². The van der Waals surface area contributed by atoms with E-state index in [0.29, 0.717) is 19.4 Å². The third-order valence-electron chi connectivity index (χ3n) is 5.53. The third kappa shape index (κ3) is 3.07. The monoisotopic (exact) mass is 295 g/mol. The summed E-state index contributed by atoms with van der Waals surface area (Å²) in [6.45, 7) is 0.706. The summed E-state index contributed by atoms with van der Waals surface area (Å²) >= 11 is 0. The lowest BCUT2D eigenvalue weighted by Gasteiger charge is -2.44. The van der Waals surface area contributed by atoms with Gasteiger partial charge in [0.15, 0.2) is 0 Å². The van der Waals surface area contributed by atoms with E-state index in [-0.39, 0.29) is 23.5 Å². The average Bonchev–Trinajstić information content (AvgIpc) is 2.37. The Kier molecular flexibility index (Phi) is 4.20. The number of carbonyl (C=O) groups is 2. The molecule has 5 nitrogen and oxygen atoms in total. The van der Waals surface area contributed by atoms with Crippen LogP contribution in [0.1, 0.15) is 57.8 Å². The smallest absolute Gasteiger partial charge is 0.307 e. The topological polar surface area (TPSA) is 75.6 Å². The summed E-state index contributed by atoms with van der Waals surface area (Å²) in [4.78, 5) is 23.3. The summed E-state index contributed by atoms with van der Waals surface area (Å²) in [6.07, 6.45) is 8.98. The van der Waals surface area contributed by atoms with Gasteiger partial charge in [-0.2, -0.15) is 0 Å². The van der Waals surface area contributed by atoms with Crippen LogP contribution in [0.3, 0.4) is 0 Å². The fraction of sp³-hybridized carbons (Fsp3) is 0.875. The van der Waals surface area contributed by atoms with Gasteiger partial charge in [-0.1, -0.05) is 19.3 Å². The molecule has 0 radical (unpaired) electrons. The molecule has 0 aromatic heterocycles. The number of aliphatic carboxylic acids is 1. The van der Waals surface area contributed by atoms with Gasteiger partial charge in [-0.15, -0.1) is 0 Å². The molecule has 1 saturated heterocycles. The molecule has 1 aliphatic heterocycles.